The predicted molar refractivity (Wildman–Crippen MR) is 85.8 cm³/mol. The van der Waals surface area contributed by atoms with Crippen LogP contribution in [0, 0.1) is 0 Å². The summed E-state index contributed by atoms with van der Waals surface area (Å²) < 4.78 is 0. The van der Waals surface area contributed by atoms with Gasteiger partial charge in [-0.2, -0.15) is 0 Å². The SMILES string of the molecule is CCc1csc(C2CCCN(C(=O)c3nccnc3N)C2)n1. The van der Waals surface area contributed by atoms with E-state index in [9.17, 15) is 4.79 Å². The molecule has 0 radical (unpaired) electrons. The molecular formula is C15H19N5OS. The molecule has 116 valence electrons. The third-order valence-electron chi connectivity index (χ3n) is 3.92. The third-order valence-corrected chi connectivity index (χ3v) is 4.97. The summed E-state index contributed by atoms with van der Waals surface area (Å²) in [4.78, 5) is 27.1. The maximum atomic E-state index is 12.6. The van der Waals surface area contributed by atoms with E-state index in [2.05, 4.69) is 27.3 Å². The van der Waals surface area contributed by atoms with E-state index in [0.717, 1.165) is 36.5 Å². The second kappa shape index (κ2) is 6.39. The number of anilines is 1. The maximum absolute atomic E-state index is 12.6. The Morgan fingerprint density at radius 3 is 3.00 bits per heavy atom. The molecule has 22 heavy (non-hydrogen) atoms. The highest BCUT2D eigenvalue weighted by Gasteiger charge is 2.28. The van der Waals surface area contributed by atoms with Crippen molar-refractivity contribution in [1.82, 2.24) is 19.9 Å². The second-order valence-corrected chi connectivity index (χ2v) is 6.30. The van der Waals surface area contributed by atoms with Crippen molar-refractivity contribution in [2.75, 3.05) is 18.8 Å². The van der Waals surface area contributed by atoms with Crippen molar-refractivity contribution in [3.63, 3.8) is 0 Å². The van der Waals surface area contributed by atoms with Crippen molar-refractivity contribution in [2.45, 2.75) is 32.1 Å². The van der Waals surface area contributed by atoms with Crippen LogP contribution in [-0.4, -0.2) is 38.8 Å². The number of rotatable bonds is 3. The zero-order valence-corrected chi connectivity index (χ0v) is 13.3. The number of hydrogen-bond acceptors (Lipinski definition) is 6. The van der Waals surface area contributed by atoms with Gasteiger partial charge in [0.25, 0.3) is 5.91 Å². The highest BCUT2D eigenvalue weighted by molar-refractivity contribution is 7.09. The molecule has 1 amide bonds. The lowest BCUT2D eigenvalue weighted by molar-refractivity contribution is 0.0702. The zero-order chi connectivity index (χ0) is 15.5. The first kappa shape index (κ1) is 14.9. The molecular weight excluding hydrogens is 298 g/mol. The molecule has 0 aromatic carbocycles. The number of nitrogens with zero attached hydrogens (tertiary/aromatic N) is 4. The first-order chi connectivity index (χ1) is 10.7. The number of carbonyl (C=O) groups excluding carboxylic acids is 1. The number of aryl methyl sites for hydroxylation is 1. The summed E-state index contributed by atoms with van der Waals surface area (Å²) in [6.45, 7) is 3.51. The standard InChI is InChI=1S/C15H19N5OS/c1-2-11-9-22-14(19-11)10-4-3-7-20(8-10)15(21)12-13(16)18-6-5-17-12/h5-6,9-10H,2-4,7-8H2,1H3,(H2,16,18). The van der Waals surface area contributed by atoms with Crippen LogP contribution in [-0.2, 0) is 6.42 Å². The van der Waals surface area contributed by atoms with Crippen LogP contribution in [0.2, 0.25) is 0 Å². The van der Waals surface area contributed by atoms with Gasteiger partial charge < -0.3 is 10.6 Å². The molecule has 1 aliphatic heterocycles. The van der Waals surface area contributed by atoms with E-state index >= 15 is 0 Å². The number of likely N-dealkylation sites (tertiary alicyclic amines) is 1. The number of hydrogen-bond donors (Lipinski definition) is 1. The molecule has 0 spiro atoms. The topological polar surface area (TPSA) is 85.0 Å². The maximum Gasteiger partial charge on any atom is 0.276 e. The number of aromatic nitrogens is 3. The summed E-state index contributed by atoms with van der Waals surface area (Å²) >= 11 is 1.69. The quantitative estimate of drug-likeness (QED) is 0.937. The number of thiazole rings is 1. The van der Waals surface area contributed by atoms with Gasteiger partial charge in [-0.25, -0.2) is 15.0 Å². The van der Waals surface area contributed by atoms with Gasteiger partial charge in [0, 0.05) is 36.8 Å². The highest BCUT2D eigenvalue weighted by atomic mass is 32.1. The number of carbonyl (C=O) groups is 1. The highest BCUT2D eigenvalue weighted by Crippen LogP contribution is 2.30. The molecule has 2 aromatic rings. The lowest BCUT2D eigenvalue weighted by Crippen LogP contribution is -2.39. The number of piperidine rings is 1. The van der Waals surface area contributed by atoms with Crippen LogP contribution in [0.5, 0.6) is 0 Å². The molecule has 1 atom stereocenters. The smallest absolute Gasteiger partial charge is 0.276 e. The summed E-state index contributed by atoms with van der Waals surface area (Å²) in [6, 6.07) is 0. The zero-order valence-electron chi connectivity index (χ0n) is 12.5. The Morgan fingerprint density at radius 2 is 2.27 bits per heavy atom. The van der Waals surface area contributed by atoms with Gasteiger partial charge in [-0.15, -0.1) is 11.3 Å². The fourth-order valence-electron chi connectivity index (χ4n) is 2.70. The average Bonchev–Trinajstić information content (AvgIpc) is 3.04. The predicted octanol–water partition coefficient (Wildman–Crippen LogP) is 2.10. The summed E-state index contributed by atoms with van der Waals surface area (Å²) in [5.41, 5.74) is 7.14. The Balaban J connectivity index is 1.75. The molecule has 0 aliphatic carbocycles. The molecule has 6 nitrogen and oxygen atoms in total. The van der Waals surface area contributed by atoms with Crippen molar-refractivity contribution in [3.05, 3.63) is 34.2 Å². The van der Waals surface area contributed by atoms with E-state index in [1.165, 1.54) is 12.4 Å². The Morgan fingerprint density at radius 1 is 1.45 bits per heavy atom. The van der Waals surface area contributed by atoms with Crippen molar-refractivity contribution in [3.8, 4) is 0 Å². The first-order valence-electron chi connectivity index (χ1n) is 7.49. The first-order valence-corrected chi connectivity index (χ1v) is 8.37. The molecule has 3 rings (SSSR count). The van der Waals surface area contributed by atoms with Crippen LogP contribution in [0.25, 0.3) is 0 Å². The van der Waals surface area contributed by atoms with Crippen molar-refractivity contribution in [2.24, 2.45) is 0 Å². The molecule has 2 N–H and O–H groups in total. The lowest BCUT2D eigenvalue weighted by atomic mass is 9.98. The normalized spacial score (nSPS) is 18.4. The molecule has 0 saturated carbocycles. The number of nitrogens with two attached hydrogens (primary N) is 1. The third kappa shape index (κ3) is 2.94. The average molecular weight is 317 g/mol. The fraction of sp³-hybridized carbons (Fsp3) is 0.467. The lowest BCUT2D eigenvalue weighted by Gasteiger charge is -2.31. The summed E-state index contributed by atoms with van der Waals surface area (Å²) in [6.07, 6.45) is 5.97. The molecule has 7 heteroatoms. The minimum atomic E-state index is -0.137. The molecule has 1 saturated heterocycles. The van der Waals surface area contributed by atoms with E-state index in [1.807, 2.05) is 4.90 Å². The minimum absolute atomic E-state index is 0.137. The van der Waals surface area contributed by atoms with Crippen molar-refractivity contribution >= 4 is 23.1 Å². The van der Waals surface area contributed by atoms with Crippen LogP contribution in [0.15, 0.2) is 17.8 Å². The Kier molecular flexibility index (Phi) is 4.33. The molecule has 2 aromatic heterocycles. The monoisotopic (exact) mass is 317 g/mol. The largest absolute Gasteiger partial charge is 0.382 e. The van der Waals surface area contributed by atoms with E-state index in [4.69, 9.17) is 5.73 Å². The van der Waals surface area contributed by atoms with Gasteiger partial charge in [-0.1, -0.05) is 6.92 Å². The molecule has 1 fully saturated rings. The van der Waals surface area contributed by atoms with Crippen LogP contribution < -0.4 is 5.73 Å². The van der Waals surface area contributed by atoms with Crippen LogP contribution in [0.3, 0.4) is 0 Å². The molecule has 0 bridgehead atoms. The van der Waals surface area contributed by atoms with E-state index in [1.54, 1.807) is 11.3 Å². The second-order valence-electron chi connectivity index (χ2n) is 5.41. The van der Waals surface area contributed by atoms with Gasteiger partial charge in [-0.3, -0.25) is 4.79 Å². The molecule has 1 aliphatic rings. The van der Waals surface area contributed by atoms with E-state index < -0.39 is 0 Å². The fourth-order valence-corrected chi connectivity index (χ4v) is 3.73. The number of amides is 1. The van der Waals surface area contributed by atoms with Gasteiger partial charge in [0.05, 0.1) is 10.7 Å². The molecule has 1 unspecified atom stereocenters. The van der Waals surface area contributed by atoms with E-state index in [0.29, 0.717) is 12.5 Å². The van der Waals surface area contributed by atoms with Gasteiger partial charge in [0.2, 0.25) is 0 Å². The van der Waals surface area contributed by atoms with Gasteiger partial charge >= 0.3 is 0 Å². The van der Waals surface area contributed by atoms with Crippen molar-refractivity contribution in [1.29, 1.82) is 0 Å². The minimum Gasteiger partial charge on any atom is -0.382 e. The Labute approximate surface area is 133 Å². The van der Waals surface area contributed by atoms with Gasteiger partial charge in [0.15, 0.2) is 11.5 Å². The van der Waals surface area contributed by atoms with Gasteiger partial charge in [0.1, 0.15) is 0 Å². The number of nitrogen functional groups attached to an aromatic ring is 1. The van der Waals surface area contributed by atoms with Crippen molar-refractivity contribution < 1.29 is 4.79 Å². The summed E-state index contributed by atoms with van der Waals surface area (Å²) in [5, 5.41) is 3.23. The summed E-state index contributed by atoms with van der Waals surface area (Å²) in [5.74, 6) is 0.362. The van der Waals surface area contributed by atoms with Gasteiger partial charge in [-0.05, 0) is 19.3 Å². The Bertz CT molecular complexity index is 671. The van der Waals surface area contributed by atoms with Crippen LogP contribution in [0.1, 0.15) is 46.9 Å². The summed E-state index contributed by atoms with van der Waals surface area (Å²) in [7, 11) is 0. The molecule has 3 heterocycles. The van der Waals surface area contributed by atoms with Crippen LogP contribution in [0.4, 0.5) is 5.82 Å². The Hall–Kier alpha value is -2.02. The van der Waals surface area contributed by atoms with E-state index in [-0.39, 0.29) is 17.4 Å². The van der Waals surface area contributed by atoms with Crippen LogP contribution >= 0.6 is 11.3 Å².